The molecule has 0 bridgehead atoms. The van der Waals surface area contributed by atoms with Gasteiger partial charge in [0.1, 0.15) is 6.29 Å². The molecule has 0 aromatic carbocycles. The van der Waals surface area contributed by atoms with Crippen LogP contribution in [0.25, 0.3) is 0 Å². The zero-order valence-electron chi connectivity index (χ0n) is 2.14. The summed E-state index contributed by atoms with van der Waals surface area (Å²) in [6.07, 6.45) is 0.739. The average Bonchev–Trinajstić information content (AvgIpc) is 1.37. The minimum atomic E-state index is 0. The van der Waals surface area contributed by atoms with Crippen LogP contribution in [-0.4, -0.2) is 30.9 Å². The molecule has 0 radical (unpaired) electrons. The molecule has 0 aliphatic carbocycles. The van der Waals surface area contributed by atoms with Crippen LogP contribution >= 0.6 is 12.6 Å². The van der Waals surface area contributed by atoms with Gasteiger partial charge in [0.15, 0.2) is 0 Å². The number of hydrogen-bond acceptors (Lipinski definition) is 2. The van der Waals surface area contributed by atoms with Gasteiger partial charge in [0.25, 0.3) is 0 Å². The molecule has 0 spiro atoms. The van der Waals surface area contributed by atoms with Crippen molar-refractivity contribution < 1.29 is 4.79 Å². The topological polar surface area (TPSA) is 17.1 Å². The number of thiol groups is 1. The van der Waals surface area contributed by atoms with Crippen LogP contribution in [0, 0.1) is 0 Å². The van der Waals surface area contributed by atoms with Gasteiger partial charge in [-0.25, -0.2) is 0 Å². The summed E-state index contributed by atoms with van der Waals surface area (Å²) in [5, 5.41) is 0. The van der Waals surface area contributed by atoms with Gasteiger partial charge in [0, 0.05) is 5.75 Å². The summed E-state index contributed by atoms with van der Waals surface area (Å²) in [6, 6.07) is 0. The first-order valence-corrected chi connectivity index (χ1v) is 1.59. The molecule has 0 unspecified atom stereocenters. The molecule has 26 valence electrons. The van der Waals surface area contributed by atoms with E-state index >= 15 is 0 Å². The van der Waals surface area contributed by atoms with Gasteiger partial charge in [0.2, 0.25) is 0 Å². The second kappa shape index (κ2) is 8.82. The van der Waals surface area contributed by atoms with Gasteiger partial charge in [-0.1, -0.05) is 0 Å². The van der Waals surface area contributed by atoms with Crippen LogP contribution in [0.2, 0.25) is 0 Å². The molecule has 0 saturated carbocycles. The Bertz CT molecular complexity index is 23.6. The van der Waals surface area contributed by atoms with E-state index in [0.29, 0.717) is 5.75 Å². The fraction of sp³-hybridized carbons (Fsp3) is 0.500. The van der Waals surface area contributed by atoms with E-state index in [2.05, 4.69) is 12.6 Å². The van der Waals surface area contributed by atoms with E-state index in [1.54, 1.807) is 0 Å². The van der Waals surface area contributed by atoms with Crippen LogP contribution < -0.4 is 0 Å². The van der Waals surface area contributed by atoms with Crippen LogP contribution in [-0.2, 0) is 4.79 Å². The number of rotatable bonds is 1. The van der Waals surface area contributed by atoms with E-state index in [0.717, 1.165) is 6.29 Å². The molecule has 0 aliphatic rings. The normalized spacial score (nSPS) is 5.00. The van der Waals surface area contributed by atoms with E-state index in [9.17, 15) is 0 Å². The Morgan fingerprint density at radius 1 is 1.80 bits per heavy atom. The van der Waals surface area contributed by atoms with E-state index in [-0.39, 0.29) is 18.9 Å². The van der Waals surface area contributed by atoms with Crippen LogP contribution in [0.15, 0.2) is 0 Å². The van der Waals surface area contributed by atoms with E-state index in [1.165, 1.54) is 0 Å². The summed E-state index contributed by atoms with van der Waals surface area (Å²) >= 11 is 3.55. The summed E-state index contributed by atoms with van der Waals surface area (Å²) in [5.74, 6) is 0.333. The Balaban J connectivity index is 0. The molecule has 0 N–H and O–H groups in total. The van der Waals surface area contributed by atoms with Crippen LogP contribution in [0.5, 0.6) is 0 Å². The van der Waals surface area contributed by atoms with Crippen molar-refractivity contribution in [2.24, 2.45) is 0 Å². The Hall–Kier alpha value is 0.617. The van der Waals surface area contributed by atoms with Crippen LogP contribution in [0.4, 0.5) is 0 Å². The van der Waals surface area contributed by atoms with Crippen molar-refractivity contribution in [2.45, 2.75) is 0 Å². The third-order valence-corrected chi connectivity index (χ3v) is 0.224. The molecule has 0 saturated heterocycles. The molecular formula is C2H5LiOS. The number of carbonyl (C=O) groups excluding carboxylic acids is 1. The number of aldehydes is 1. The minimum absolute atomic E-state index is 0. The fourth-order valence-electron chi connectivity index (χ4n) is 0. The van der Waals surface area contributed by atoms with Gasteiger partial charge in [-0.3, -0.25) is 0 Å². The van der Waals surface area contributed by atoms with Crippen molar-refractivity contribution in [2.75, 3.05) is 5.75 Å². The molecule has 0 aromatic heterocycles. The molecule has 0 atom stereocenters. The van der Waals surface area contributed by atoms with Gasteiger partial charge in [-0.2, -0.15) is 12.6 Å². The van der Waals surface area contributed by atoms with E-state index in [4.69, 9.17) is 4.79 Å². The molecular weight excluding hydrogens is 79.0 g/mol. The first-order chi connectivity index (χ1) is 1.91. The molecule has 0 aromatic rings. The monoisotopic (exact) mass is 84.0 g/mol. The summed E-state index contributed by atoms with van der Waals surface area (Å²) < 4.78 is 0. The Kier molecular flexibility index (Phi) is 16.1. The Morgan fingerprint density at radius 2 is 2.00 bits per heavy atom. The van der Waals surface area contributed by atoms with E-state index < -0.39 is 0 Å². The summed E-state index contributed by atoms with van der Waals surface area (Å²) in [4.78, 5) is 9.10. The third kappa shape index (κ3) is 12.1. The molecule has 1 nitrogen and oxygen atoms in total. The SMILES string of the molecule is O=CCS.[LiH]. The summed E-state index contributed by atoms with van der Waals surface area (Å²) in [7, 11) is 0. The van der Waals surface area contributed by atoms with Crippen molar-refractivity contribution in [3.8, 4) is 0 Å². The molecule has 3 heteroatoms. The second-order valence-corrected chi connectivity index (χ2v) is 0.714. The van der Waals surface area contributed by atoms with Gasteiger partial charge in [-0.15, -0.1) is 0 Å². The van der Waals surface area contributed by atoms with Gasteiger partial charge in [0.05, 0.1) is 0 Å². The molecule has 0 heterocycles. The van der Waals surface area contributed by atoms with Crippen LogP contribution in [0.1, 0.15) is 0 Å². The van der Waals surface area contributed by atoms with Crippen molar-refractivity contribution >= 4 is 37.8 Å². The average molecular weight is 84.1 g/mol. The molecule has 0 rings (SSSR count). The van der Waals surface area contributed by atoms with Crippen molar-refractivity contribution in [3.05, 3.63) is 0 Å². The maximum atomic E-state index is 9.10. The maximum absolute atomic E-state index is 9.10. The van der Waals surface area contributed by atoms with Gasteiger partial charge < -0.3 is 4.79 Å². The standard InChI is InChI=1S/C2H4OS.Li.H/c3-1-2-4;;/h1,4H,2H2;;. The summed E-state index contributed by atoms with van der Waals surface area (Å²) in [5.41, 5.74) is 0. The van der Waals surface area contributed by atoms with Crippen molar-refractivity contribution in [1.29, 1.82) is 0 Å². The van der Waals surface area contributed by atoms with Crippen molar-refractivity contribution in [3.63, 3.8) is 0 Å². The quantitative estimate of drug-likeness (QED) is 0.256. The third-order valence-electron chi connectivity index (χ3n) is 0.0745. The van der Waals surface area contributed by atoms with Crippen LogP contribution in [0.3, 0.4) is 0 Å². The van der Waals surface area contributed by atoms with Gasteiger partial charge in [-0.05, 0) is 0 Å². The zero-order valence-corrected chi connectivity index (χ0v) is 3.03. The van der Waals surface area contributed by atoms with Gasteiger partial charge >= 0.3 is 18.9 Å². The molecule has 5 heavy (non-hydrogen) atoms. The molecule has 0 amide bonds. The molecule has 0 aliphatic heterocycles. The Morgan fingerprint density at radius 3 is 2.00 bits per heavy atom. The first-order valence-electron chi connectivity index (χ1n) is 0.960. The molecule has 0 fully saturated rings. The summed E-state index contributed by atoms with van der Waals surface area (Å²) in [6.45, 7) is 0. The zero-order chi connectivity index (χ0) is 3.41. The predicted octanol–water partition coefficient (Wildman–Crippen LogP) is -0.533. The fourth-order valence-corrected chi connectivity index (χ4v) is 0. The predicted molar refractivity (Wildman–Crippen MR) is 27.1 cm³/mol. The van der Waals surface area contributed by atoms with Crippen molar-refractivity contribution in [1.82, 2.24) is 0 Å². The second-order valence-electron chi connectivity index (χ2n) is 0.349. The Labute approximate surface area is 48.7 Å². The number of hydrogen-bond donors (Lipinski definition) is 1. The first kappa shape index (κ1) is 9.15. The number of carbonyl (C=O) groups is 1. The van der Waals surface area contributed by atoms with E-state index in [1.807, 2.05) is 0 Å².